The van der Waals surface area contributed by atoms with Crippen molar-refractivity contribution in [2.75, 3.05) is 0 Å². The maximum Gasteiger partial charge on any atom is 0.192 e. The molecule has 0 fully saturated rings. The standard InChI is InChI=1S/C18H36O2Si/c1-11-13(3)16(19)15(5)17(14(4)12-2)20-21(9,10)18(6,7)8/h1,13-17,19H,12H2,2-10H3/t13-,14-,15+,16-,17-/m0/s1. The van der Waals surface area contributed by atoms with Gasteiger partial charge < -0.3 is 9.53 Å². The highest BCUT2D eigenvalue weighted by Crippen LogP contribution is 2.40. The van der Waals surface area contributed by atoms with Crippen LogP contribution in [-0.2, 0) is 4.43 Å². The third kappa shape index (κ3) is 5.43. The summed E-state index contributed by atoms with van der Waals surface area (Å²) in [7, 11) is -1.86. The summed E-state index contributed by atoms with van der Waals surface area (Å²) >= 11 is 0. The van der Waals surface area contributed by atoms with Crippen LogP contribution in [0, 0.1) is 30.1 Å². The van der Waals surface area contributed by atoms with Crippen LogP contribution >= 0.6 is 0 Å². The molecule has 0 bridgehead atoms. The van der Waals surface area contributed by atoms with Gasteiger partial charge in [-0.25, -0.2) is 0 Å². The summed E-state index contributed by atoms with van der Waals surface area (Å²) in [6.45, 7) is 19.6. The number of terminal acetylenes is 1. The molecule has 0 saturated carbocycles. The van der Waals surface area contributed by atoms with E-state index >= 15 is 0 Å². The minimum Gasteiger partial charge on any atom is -0.413 e. The molecule has 5 atom stereocenters. The van der Waals surface area contributed by atoms with Crippen molar-refractivity contribution in [2.24, 2.45) is 17.8 Å². The maximum absolute atomic E-state index is 10.5. The first-order valence-electron chi connectivity index (χ1n) is 8.21. The number of rotatable bonds is 7. The van der Waals surface area contributed by atoms with Gasteiger partial charge in [-0.1, -0.05) is 48.0 Å². The molecule has 21 heavy (non-hydrogen) atoms. The van der Waals surface area contributed by atoms with E-state index in [0.717, 1.165) is 6.42 Å². The van der Waals surface area contributed by atoms with Crippen LogP contribution in [0.3, 0.4) is 0 Å². The lowest BCUT2D eigenvalue weighted by atomic mass is 9.84. The predicted molar refractivity (Wildman–Crippen MR) is 94.7 cm³/mol. The Balaban J connectivity index is 5.29. The third-order valence-electron chi connectivity index (χ3n) is 5.27. The Morgan fingerprint density at radius 1 is 1.19 bits per heavy atom. The van der Waals surface area contributed by atoms with Gasteiger partial charge in [0.2, 0.25) is 0 Å². The van der Waals surface area contributed by atoms with Crippen molar-refractivity contribution >= 4 is 8.32 Å². The Morgan fingerprint density at radius 3 is 2.00 bits per heavy atom. The van der Waals surface area contributed by atoms with E-state index in [1.165, 1.54) is 0 Å². The van der Waals surface area contributed by atoms with Crippen molar-refractivity contribution in [3.63, 3.8) is 0 Å². The summed E-state index contributed by atoms with van der Waals surface area (Å²) in [6.07, 6.45) is 6.06. The highest BCUT2D eigenvalue weighted by atomic mass is 28.4. The molecule has 124 valence electrons. The second-order valence-corrected chi connectivity index (χ2v) is 12.8. The smallest absolute Gasteiger partial charge is 0.192 e. The average Bonchev–Trinajstić information content (AvgIpc) is 2.40. The van der Waals surface area contributed by atoms with Crippen LogP contribution < -0.4 is 0 Å². The zero-order chi connectivity index (χ0) is 17.0. The van der Waals surface area contributed by atoms with Crippen LogP contribution in [-0.4, -0.2) is 25.6 Å². The first-order valence-corrected chi connectivity index (χ1v) is 11.1. The number of aliphatic hydroxyl groups is 1. The summed E-state index contributed by atoms with van der Waals surface area (Å²) in [6, 6.07) is 0. The minimum atomic E-state index is -1.86. The van der Waals surface area contributed by atoms with E-state index in [1.807, 2.05) is 6.92 Å². The van der Waals surface area contributed by atoms with Crippen LogP contribution in [0.1, 0.15) is 54.9 Å². The van der Waals surface area contributed by atoms with E-state index in [9.17, 15) is 5.11 Å². The van der Waals surface area contributed by atoms with Gasteiger partial charge in [0.05, 0.1) is 12.2 Å². The van der Waals surface area contributed by atoms with Crippen molar-refractivity contribution in [3.8, 4) is 12.3 Å². The monoisotopic (exact) mass is 312 g/mol. The van der Waals surface area contributed by atoms with Gasteiger partial charge >= 0.3 is 0 Å². The summed E-state index contributed by atoms with van der Waals surface area (Å²) in [4.78, 5) is 0. The summed E-state index contributed by atoms with van der Waals surface area (Å²) in [5.41, 5.74) is 0. The molecule has 0 aliphatic rings. The van der Waals surface area contributed by atoms with E-state index in [1.54, 1.807) is 0 Å². The summed E-state index contributed by atoms with van der Waals surface area (Å²) in [5.74, 6) is 2.97. The lowest BCUT2D eigenvalue weighted by Gasteiger charge is -2.44. The lowest BCUT2D eigenvalue weighted by molar-refractivity contribution is -0.0125. The zero-order valence-corrected chi connectivity index (χ0v) is 16.5. The largest absolute Gasteiger partial charge is 0.413 e. The number of aliphatic hydroxyl groups excluding tert-OH is 1. The predicted octanol–water partition coefficient (Wildman–Crippen LogP) is 4.69. The van der Waals surface area contributed by atoms with E-state index in [0.29, 0.717) is 5.92 Å². The summed E-state index contributed by atoms with van der Waals surface area (Å²) < 4.78 is 6.64. The van der Waals surface area contributed by atoms with Gasteiger partial charge in [0.25, 0.3) is 0 Å². The molecule has 0 amide bonds. The topological polar surface area (TPSA) is 29.5 Å². The first kappa shape index (κ1) is 20.7. The fourth-order valence-electron chi connectivity index (χ4n) is 2.24. The molecule has 0 aliphatic heterocycles. The molecule has 0 radical (unpaired) electrons. The first-order chi connectivity index (χ1) is 9.39. The number of hydrogen-bond acceptors (Lipinski definition) is 2. The molecule has 0 aromatic carbocycles. The zero-order valence-electron chi connectivity index (χ0n) is 15.5. The highest BCUT2D eigenvalue weighted by molar-refractivity contribution is 6.74. The molecule has 0 spiro atoms. The molecule has 0 saturated heterocycles. The molecule has 0 heterocycles. The van der Waals surface area contributed by atoms with Crippen LogP contribution in [0.5, 0.6) is 0 Å². The van der Waals surface area contributed by atoms with Gasteiger partial charge in [-0.05, 0) is 31.0 Å². The quantitative estimate of drug-likeness (QED) is 0.546. The molecule has 0 aromatic rings. The van der Waals surface area contributed by atoms with Gasteiger partial charge in [-0.2, -0.15) is 0 Å². The Morgan fingerprint density at radius 2 is 1.67 bits per heavy atom. The molecule has 0 aliphatic carbocycles. The van der Waals surface area contributed by atoms with Crippen molar-refractivity contribution in [1.29, 1.82) is 0 Å². The molecule has 2 nitrogen and oxygen atoms in total. The second kappa shape index (κ2) is 7.81. The average molecular weight is 313 g/mol. The van der Waals surface area contributed by atoms with Gasteiger partial charge in [-0.15, -0.1) is 12.3 Å². The molecule has 0 rings (SSSR count). The van der Waals surface area contributed by atoms with Crippen LogP contribution in [0.2, 0.25) is 18.1 Å². The number of hydrogen-bond donors (Lipinski definition) is 1. The Bertz CT molecular complexity index is 351. The van der Waals surface area contributed by atoms with E-state index in [4.69, 9.17) is 10.8 Å². The van der Waals surface area contributed by atoms with Crippen LogP contribution in [0.15, 0.2) is 0 Å². The van der Waals surface area contributed by atoms with Gasteiger partial charge in [0, 0.05) is 11.8 Å². The Hall–Kier alpha value is -0.303. The van der Waals surface area contributed by atoms with Crippen LogP contribution in [0.4, 0.5) is 0 Å². The fourth-order valence-corrected chi connectivity index (χ4v) is 3.72. The molecule has 0 unspecified atom stereocenters. The maximum atomic E-state index is 10.5. The van der Waals surface area contributed by atoms with Gasteiger partial charge in [0.15, 0.2) is 8.32 Å². The molecule has 1 N–H and O–H groups in total. The van der Waals surface area contributed by atoms with Gasteiger partial charge in [-0.3, -0.25) is 0 Å². The van der Waals surface area contributed by atoms with Gasteiger partial charge in [0.1, 0.15) is 0 Å². The minimum absolute atomic E-state index is 0.0418. The van der Waals surface area contributed by atoms with E-state index < -0.39 is 14.4 Å². The van der Waals surface area contributed by atoms with E-state index in [2.05, 4.69) is 60.6 Å². The highest BCUT2D eigenvalue weighted by Gasteiger charge is 2.42. The molecular formula is C18H36O2Si. The van der Waals surface area contributed by atoms with Crippen LogP contribution in [0.25, 0.3) is 0 Å². The summed E-state index contributed by atoms with van der Waals surface area (Å²) in [5, 5.41) is 10.7. The third-order valence-corrected chi connectivity index (χ3v) is 9.75. The fraction of sp³-hybridized carbons (Fsp3) is 0.889. The van der Waals surface area contributed by atoms with Crippen molar-refractivity contribution in [3.05, 3.63) is 0 Å². The Labute approximate surface area is 133 Å². The molecular weight excluding hydrogens is 276 g/mol. The molecule has 3 heteroatoms. The lowest BCUT2D eigenvalue weighted by Crippen LogP contribution is -2.49. The Kier molecular flexibility index (Phi) is 7.69. The SMILES string of the molecule is C#C[C@H](C)[C@H](O)[C@@H](C)[C@@H](O[Si](C)(C)C(C)(C)C)[C@@H](C)CC. The normalized spacial score (nSPS) is 20.2. The van der Waals surface area contributed by atoms with Crippen molar-refractivity contribution < 1.29 is 9.53 Å². The van der Waals surface area contributed by atoms with Crippen molar-refractivity contribution in [1.82, 2.24) is 0 Å². The van der Waals surface area contributed by atoms with E-state index in [-0.39, 0.29) is 23.0 Å². The molecule has 0 aromatic heterocycles. The van der Waals surface area contributed by atoms with Crippen molar-refractivity contribution in [2.45, 2.75) is 85.2 Å². The second-order valence-electron chi connectivity index (χ2n) is 8.03.